The van der Waals surface area contributed by atoms with Crippen molar-refractivity contribution in [1.82, 2.24) is 25.1 Å². The third-order valence-corrected chi connectivity index (χ3v) is 10.9. The second-order valence-electron chi connectivity index (χ2n) is 12.9. The summed E-state index contributed by atoms with van der Waals surface area (Å²) in [7, 11) is 0. The van der Waals surface area contributed by atoms with Gasteiger partial charge in [0.15, 0.2) is 11.4 Å². The maximum Gasteiger partial charge on any atom is 0.250 e. The molecule has 1 N–H and O–H groups in total. The highest BCUT2D eigenvalue weighted by atomic mass is 32.2. The lowest BCUT2D eigenvalue weighted by Gasteiger charge is -2.23. The predicted molar refractivity (Wildman–Crippen MR) is 174 cm³/mol. The average Bonchev–Trinajstić information content (AvgIpc) is 3.86. The lowest BCUT2D eigenvalue weighted by molar-refractivity contribution is 0.0639. The molecule has 232 valence electrons. The molecule has 0 saturated carbocycles. The van der Waals surface area contributed by atoms with Gasteiger partial charge in [0, 0.05) is 65.7 Å². The van der Waals surface area contributed by atoms with Gasteiger partial charge < -0.3 is 18.9 Å². The Morgan fingerprint density at radius 1 is 1.02 bits per heavy atom. The number of fused-ring (bicyclic) bond motifs is 3. The number of furan rings is 1. The van der Waals surface area contributed by atoms with E-state index >= 15 is 0 Å². The lowest BCUT2D eigenvalue weighted by Crippen LogP contribution is -2.17. The van der Waals surface area contributed by atoms with Crippen LogP contribution in [0, 0.1) is 18.8 Å². The van der Waals surface area contributed by atoms with Crippen molar-refractivity contribution in [3.8, 4) is 22.8 Å². The number of anilines is 1. The van der Waals surface area contributed by atoms with Crippen LogP contribution in [0.1, 0.15) is 80.0 Å². The molecular formula is C35H38N6O3S. The number of thioether (sulfide) groups is 1. The van der Waals surface area contributed by atoms with Crippen molar-refractivity contribution in [2.24, 2.45) is 11.8 Å². The van der Waals surface area contributed by atoms with Crippen LogP contribution in [0.4, 0.5) is 5.82 Å². The van der Waals surface area contributed by atoms with Crippen molar-refractivity contribution >= 4 is 28.5 Å². The first-order valence-electron chi connectivity index (χ1n) is 16.2. The van der Waals surface area contributed by atoms with Gasteiger partial charge in [0.2, 0.25) is 11.8 Å². The first kappa shape index (κ1) is 28.7. The molecule has 8 rings (SSSR count). The molecule has 0 bridgehead atoms. The minimum absolute atomic E-state index is 0.140. The monoisotopic (exact) mass is 622 g/mol. The summed E-state index contributed by atoms with van der Waals surface area (Å²) < 4.78 is 18.6. The Hall–Kier alpha value is -3.76. The van der Waals surface area contributed by atoms with Crippen LogP contribution < -0.4 is 5.32 Å². The van der Waals surface area contributed by atoms with Crippen molar-refractivity contribution in [3.63, 3.8) is 0 Å². The van der Waals surface area contributed by atoms with Crippen LogP contribution >= 0.6 is 11.8 Å². The first-order chi connectivity index (χ1) is 22.0. The summed E-state index contributed by atoms with van der Waals surface area (Å²) in [5.41, 5.74) is 7.22. The van der Waals surface area contributed by atoms with Gasteiger partial charge in [0.05, 0.1) is 23.0 Å². The van der Waals surface area contributed by atoms with E-state index in [0.29, 0.717) is 29.5 Å². The fourth-order valence-electron chi connectivity index (χ4n) is 7.13. The van der Waals surface area contributed by atoms with Crippen LogP contribution in [0.2, 0.25) is 0 Å². The molecule has 0 amide bonds. The number of pyridine rings is 3. The van der Waals surface area contributed by atoms with Crippen LogP contribution in [0.3, 0.4) is 0 Å². The predicted octanol–water partition coefficient (Wildman–Crippen LogP) is 7.95. The van der Waals surface area contributed by atoms with E-state index in [9.17, 15) is 0 Å². The van der Waals surface area contributed by atoms with Crippen molar-refractivity contribution in [2.45, 2.75) is 76.2 Å². The highest BCUT2D eigenvalue weighted by Crippen LogP contribution is 2.52. The molecule has 2 unspecified atom stereocenters. The van der Waals surface area contributed by atoms with Crippen molar-refractivity contribution in [3.05, 3.63) is 65.2 Å². The van der Waals surface area contributed by atoms with Crippen molar-refractivity contribution < 1.29 is 13.6 Å². The van der Waals surface area contributed by atoms with Crippen LogP contribution in [0.15, 0.2) is 50.4 Å². The number of aryl methyl sites for hydroxylation is 3. The third-order valence-electron chi connectivity index (χ3n) is 9.65. The first-order valence-corrected chi connectivity index (χ1v) is 17.2. The van der Waals surface area contributed by atoms with Gasteiger partial charge in [-0.1, -0.05) is 19.9 Å². The molecule has 5 aromatic heterocycles. The maximum atomic E-state index is 6.83. The van der Waals surface area contributed by atoms with Gasteiger partial charge in [-0.3, -0.25) is 9.97 Å². The van der Waals surface area contributed by atoms with Crippen molar-refractivity contribution in [2.75, 3.05) is 24.3 Å². The van der Waals surface area contributed by atoms with Crippen LogP contribution in [0.5, 0.6) is 0 Å². The zero-order chi connectivity index (χ0) is 30.5. The molecule has 0 radical (unpaired) electrons. The topological polar surface area (TPSA) is 112 Å². The summed E-state index contributed by atoms with van der Waals surface area (Å²) in [6.45, 7) is 8.09. The number of aromatic nitrogens is 5. The molecular weight excluding hydrogens is 584 g/mol. The van der Waals surface area contributed by atoms with E-state index in [1.54, 1.807) is 0 Å². The van der Waals surface area contributed by atoms with Crippen molar-refractivity contribution in [1.29, 1.82) is 0 Å². The molecule has 3 aliphatic rings. The van der Waals surface area contributed by atoms with Crippen LogP contribution in [-0.2, 0) is 17.6 Å². The van der Waals surface area contributed by atoms with Gasteiger partial charge in [-0.15, -0.1) is 22.0 Å². The Kier molecular flexibility index (Phi) is 7.57. The maximum absolute atomic E-state index is 6.83. The van der Waals surface area contributed by atoms with E-state index in [0.717, 1.165) is 107 Å². The highest BCUT2D eigenvalue weighted by Gasteiger charge is 2.36. The smallest absolute Gasteiger partial charge is 0.250 e. The summed E-state index contributed by atoms with van der Waals surface area (Å²) in [6.07, 6.45) is 9.70. The molecule has 10 heteroatoms. The van der Waals surface area contributed by atoms with E-state index in [4.69, 9.17) is 23.5 Å². The molecule has 9 nitrogen and oxygen atoms in total. The fraction of sp³-hybridized carbons (Fsp3) is 0.457. The highest BCUT2D eigenvalue weighted by molar-refractivity contribution is 7.99. The lowest BCUT2D eigenvalue weighted by atomic mass is 9.89. The summed E-state index contributed by atoms with van der Waals surface area (Å²) >= 11 is 1.86. The molecule has 2 aliphatic heterocycles. The second-order valence-corrected chi connectivity index (χ2v) is 13.9. The van der Waals surface area contributed by atoms with Gasteiger partial charge in [-0.25, -0.2) is 4.98 Å². The van der Waals surface area contributed by atoms with E-state index in [1.807, 2.05) is 43.2 Å². The Bertz CT molecular complexity index is 1860. The van der Waals surface area contributed by atoms with E-state index in [1.165, 1.54) is 11.3 Å². The number of hydrogen-bond donors (Lipinski definition) is 1. The zero-order valence-electron chi connectivity index (χ0n) is 26.0. The molecule has 0 aromatic carbocycles. The molecule has 7 heterocycles. The Morgan fingerprint density at radius 3 is 2.73 bits per heavy atom. The average molecular weight is 623 g/mol. The molecule has 2 atom stereocenters. The fourth-order valence-corrected chi connectivity index (χ4v) is 8.72. The summed E-state index contributed by atoms with van der Waals surface area (Å²) in [5, 5.41) is 13.5. The molecule has 5 aromatic rings. The second kappa shape index (κ2) is 11.9. The van der Waals surface area contributed by atoms with Crippen LogP contribution in [0.25, 0.3) is 33.7 Å². The quantitative estimate of drug-likeness (QED) is 0.183. The number of nitrogens with one attached hydrogen (secondary N) is 1. The number of rotatable bonds is 8. The van der Waals surface area contributed by atoms with Gasteiger partial charge in [-0.05, 0) is 74.1 Å². The van der Waals surface area contributed by atoms with E-state index < -0.39 is 0 Å². The zero-order valence-corrected chi connectivity index (χ0v) is 26.8. The molecule has 0 spiro atoms. The van der Waals surface area contributed by atoms with E-state index in [2.05, 4.69) is 46.5 Å². The van der Waals surface area contributed by atoms with Gasteiger partial charge in [-0.2, -0.15) is 0 Å². The SMILES string of the molecule is Cc1nnc(-c2c(CCC3CCOCC3)nc3c(c2-c2cc4ccnc(NC5CCc6ncccc65)c4o2)SCC3C(C)C)o1. The summed E-state index contributed by atoms with van der Waals surface area (Å²) in [6, 6.07) is 8.46. The minimum Gasteiger partial charge on any atom is -0.452 e. The molecule has 1 saturated heterocycles. The summed E-state index contributed by atoms with van der Waals surface area (Å²) in [5.74, 6) is 5.00. The number of hydrogen-bond acceptors (Lipinski definition) is 10. The van der Waals surface area contributed by atoms with Gasteiger partial charge in [0.1, 0.15) is 5.76 Å². The van der Waals surface area contributed by atoms with E-state index in [-0.39, 0.29) is 6.04 Å². The minimum atomic E-state index is 0.140. The summed E-state index contributed by atoms with van der Waals surface area (Å²) in [4.78, 5) is 15.9. The largest absolute Gasteiger partial charge is 0.452 e. The number of nitrogens with zero attached hydrogens (tertiary/aromatic N) is 5. The number of ether oxygens (including phenoxy) is 1. The molecule has 1 fully saturated rings. The standard InChI is InChI=1S/C35H38N6O3S/c1-19(2)24-18-45-33-30(29(35-41-40-20(3)43-35)27(38-31(24)33)7-6-21-11-15-42-16-12-21)28-17-22-10-14-37-34(32(22)44-28)39-26-9-8-25-23(26)5-4-13-36-25/h4-5,10,13-14,17,19,21,24,26H,6-9,11-12,15-16,18H2,1-3H3,(H,37,39). The van der Waals surface area contributed by atoms with Gasteiger partial charge in [0.25, 0.3) is 0 Å². The normalized spacial score (nSPS) is 19.8. The molecule has 1 aliphatic carbocycles. The Labute approximate surface area is 267 Å². The van der Waals surface area contributed by atoms with Gasteiger partial charge >= 0.3 is 0 Å². The Balaban J connectivity index is 1.26. The Morgan fingerprint density at radius 2 is 1.91 bits per heavy atom. The third kappa shape index (κ3) is 5.31. The van der Waals surface area contributed by atoms with Crippen LogP contribution in [-0.4, -0.2) is 44.1 Å². The molecule has 45 heavy (non-hydrogen) atoms.